The molecule has 0 heterocycles. The zero-order chi connectivity index (χ0) is 14.4. The van der Waals surface area contributed by atoms with Gasteiger partial charge in [-0.15, -0.1) is 0 Å². The fraction of sp³-hybridized carbons (Fsp3) is 0.385. The third-order valence-corrected chi connectivity index (χ3v) is 3.56. The second-order valence-corrected chi connectivity index (χ2v) is 5.22. The van der Waals surface area contributed by atoms with Crippen LogP contribution in [0.15, 0.2) is 22.7 Å². The Morgan fingerprint density at radius 3 is 2.68 bits per heavy atom. The molecule has 2 amide bonds. The molecular formula is C13H18BrN3O2. The Labute approximate surface area is 121 Å². The van der Waals surface area contributed by atoms with Gasteiger partial charge in [0.25, 0.3) is 0 Å². The number of carbonyl (C=O) groups excluding carboxylic acids is 2. The molecule has 4 N–H and O–H groups in total. The molecule has 0 saturated heterocycles. The van der Waals surface area contributed by atoms with Crippen LogP contribution < -0.4 is 16.4 Å². The van der Waals surface area contributed by atoms with E-state index >= 15 is 0 Å². The number of carbonyl (C=O) groups is 2. The topological polar surface area (TPSA) is 84.2 Å². The van der Waals surface area contributed by atoms with Crippen molar-refractivity contribution in [2.45, 2.75) is 13.8 Å². The lowest BCUT2D eigenvalue weighted by Gasteiger charge is -2.10. The number of hydrogen-bond donors (Lipinski definition) is 3. The van der Waals surface area contributed by atoms with Crippen LogP contribution in [0.3, 0.4) is 0 Å². The summed E-state index contributed by atoms with van der Waals surface area (Å²) < 4.78 is 0.982. The number of anilines is 1. The molecule has 0 radical (unpaired) electrons. The molecule has 5 nitrogen and oxygen atoms in total. The van der Waals surface area contributed by atoms with Gasteiger partial charge in [0.2, 0.25) is 11.8 Å². The Balaban J connectivity index is 2.47. The van der Waals surface area contributed by atoms with Gasteiger partial charge in [-0.3, -0.25) is 9.59 Å². The standard InChI is InChI=1S/C13H18BrN3O2/c1-8-5-10(3-4-11(8)14)17-12(18)7-16-13(19)9(2)6-15/h3-5,9H,6-7,15H2,1-2H3,(H,16,19)(H,17,18). The summed E-state index contributed by atoms with van der Waals surface area (Å²) in [6.45, 7) is 3.85. The molecule has 6 heteroatoms. The predicted octanol–water partition coefficient (Wildman–Crippen LogP) is 1.41. The van der Waals surface area contributed by atoms with Gasteiger partial charge in [0.1, 0.15) is 0 Å². The number of amides is 2. The van der Waals surface area contributed by atoms with Gasteiger partial charge in [-0.1, -0.05) is 22.9 Å². The molecule has 0 aromatic heterocycles. The Hall–Kier alpha value is -1.40. The summed E-state index contributed by atoms with van der Waals surface area (Å²) in [7, 11) is 0. The summed E-state index contributed by atoms with van der Waals surface area (Å²) in [5.41, 5.74) is 7.10. The molecule has 0 aliphatic carbocycles. The quantitative estimate of drug-likeness (QED) is 0.764. The SMILES string of the molecule is Cc1cc(NC(=O)CNC(=O)C(C)CN)ccc1Br. The first-order valence-electron chi connectivity index (χ1n) is 5.97. The number of nitrogens with two attached hydrogens (primary N) is 1. The van der Waals surface area contributed by atoms with E-state index in [1.54, 1.807) is 13.0 Å². The molecule has 1 unspecified atom stereocenters. The Morgan fingerprint density at radius 1 is 1.42 bits per heavy atom. The van der Waals surface area contributed by atoms with Gasteiger partial charge in [0, 0.05) is 22.6 Å². The van der Waals surface area contributed by atoms with Crippen molar-refractivity contribution in [2.24, 2.45) is 11.7 Å². The molecule has 0 aliphatic rings. The van der Waals surface area contributed by atoms with Crippen LogP contribution in [0.1, 0.15) is 12.5 Å². The van der Waals surface area contributed by atoms with Gasteiger partial charge in [-0.25, -0.2) is 0 Å². The fourth-order valence-electron chi connectivity index (χ4n) is 1.38. The highest BCUT2D eigenvalue weighted by Crippen LogP contribution is 2.19. The van der Waals surface area contributed by atoms with Crippen LogP contribution in [0.25, 0.3) is 0 Å². The third-order valence-electron chi connectivity index (χ3n) is 2.67. The van der Waals surface area contributed by atoms with E-state index in [0.717, 1.165) is 10.0 Å². The highest BCUT2D eigenvalue weighted by atomic mass is 79.9. The number of rotatable bonds is 5. The molecule has 1 atom stereocenters. The van der Waals surface area contributed by atoms with Crippen molar-refractivity contribution in [1.29, 1.82) is 0 Å². The van der Waals surface area contributed by atoms with E-state index in [1.807, 2.05) is 19.1 Å². The lowest BCUT2D eigenvalue weighted by molar-refractivity contribution is -0.126. The molecule has 1 aromatic carbocycles. The van der Waals surface area contributed by atoms with E-state index in [4.69, 9.17) is 5.73 Å². The van der Waals surface area contributed by atoms with E-state index in [0.29, 0.717) is 5.69 Å². The summed E-state index contributed by atoms with van der Waals surface area (Å²) in [4.78, 5) is 23.1. The summed E-state index contributed by atoms with van der Waals surface area (Å²) in [6, 6.07) is 5.51. The normalized spacial score (nSPS) is 11.8. The zero-order valence-electron chi connectivity index (χ0n) is 11.0. The zero-order valence-corrected chi connectivity index (χ0v) is 12.6. The van der Waals surface area contributed by atoms with Crippen molar-refractivity contribution in [2.75, 3.05) is 18.4 Å². The van der Waals surface area contributed by atoms with Gasteiger partial charge < -0.3 is 16.4 Å². The van der Waals surface area contributed by atoms with Crippen LogP contribution in [0.5, 0.6) is 0 Å². The molecule has 19 heavy (non-hydrogen) atoms. The average Bonchev–Trinajstić information content (AvgIpc) is 2.39. The maximum absolute atomic E-state index is 11.7. The monoisotopic (exact) mass is 327 g/mol. The first kappa shape index (κ1) is 15.7. The van der Waals surface area contributed by atoms with Crippen molar-refractivity contribution in [3.8, 4) is 0 Å². The van der Waals surface area contributed by atoms with E-state index in [-0.39, 0.29) is 30.8 Å². The molecule has 0 saturated carbocycles. The number of hydrogen-bond acceptors (Lipinski definition) is 3. The number of benzene rings is 1. The smallest absolute Gasteiger partial charge is 0.243 e. The van der Waals surface area contributed by atoms with Gasteiger partial charge >= 0.3 is 0 Å². The van der Waals surface area contributed by atoms with Crippen LogP contribution in [-0.4, -0.2) is 24.9 Å². The molecule has 0 fully saturated rings. The summed E-state index contributed by atoms with van der Waals surface area (Å²) in [6.07, 6.45) is 0. The maximum atomic E-state index is 11.7. The van der Waals surface area contributed by atoms with Gasteiger partial charge in [0.15, 0.2) is 0 Å². The van der Waals surface area contributed by atoms with Crippen LogP contribution in [0.4, 0.5) is 5.69 Å². The van der Waals surface area contributed by atoms with Gasteiger partial charge in [-0.05, 0) is 30.7 Å². The van der Waals surface area contributed by atoms with Crippen molar-refractivity contribution in [3.05, 3.63) is 28.2 Å². The summed E-state index contributed by atoms with van der Waals surface area (Å²) in [5, 5.41) is 5.26. The van der Waals surface area contributed by atoms with E-state index in [9.17, 15) is 9.59 Å². The highest BCUT2D eigenvalue weighted by molar-refractivity contribution is 9.10. The third kappa shape index (κ3) is 5.00. The second-order valence-electron chi connectivity index (χ2n) is 4.37. The Morgan fingerprint density at radius 2 is 2.11 bits per heavy atom. The van der Waals surface area contributed by atoms with Crippen LogP contribution in [0.2, 0.25) is 0 Å². The van der Waals surface area contributed by atoms with Crippen LogP contribution in [-0.2, 0) is 9.59 Å². The van der Waals surface area contributed by atoms with E-state index in [1.165, 1.54) is 0 Å². The molecule has 0 aliphatic heterocycles. The molecule has 1 aromatic rings. The van der Waals surface area contributed by atoms with Gasteiger partial charge in [-0.2, -0.15) is 0 Å². The Bertz CT molecular complexity index is 477. The average molecular weight is 328 g/mol. The first-order valence-corrected chi connectivity index (χ1v) is 6.77. The fourth-order valence-corrected chi connectivity index (χ4v) is 1.62. The Kier molecular flexibility index (Phi) is 5.98. The van der Waals surface area contributed by atoms with Crippen molar-refractivity contribution < 1.29 is 9.59 Å². The van der Waals surface area contributed by atoms with Crippen molar-refractivity contribution in [3.63, 3.8) is 0 Å². The van der Waals surface area contributed by atoms with Gasteiger partial charge in [0.05, 0.1) is 6.54 Å². The number of aryl methyl sites for hydroxylation is 1. The van der Waals surface area contributed by atoms with E-state index < -0.39 is 0 Å². The summed E-state index contributed by atoms with van der Waals surface area (Å²) in [5.74, 6) is -0.772. The number of nitrogens with one attached hydrogen (secondary N) is 2. The molecule has 0 spiro atoms. The van der Waals surface area contributed by atoms with E-state index in [2.05, 4.69) is 26.6 Å². The largest absolute Gasteiger partial charge is 0.347 e. The minimum atomic E-state index is -0.289. The minimum Gasteiger partial charge on any atom is -0.347 e. The summed E-state index contributed by atoms with van der Waals surface area (Å²) >= 11 is 3.39. The molecular weight excluding hydrogens is 310 g/mol. The minimum absolute atomic E-state index is 0.0573. The van der Waals surface area contributed by atoms with Crippen LogP contribution in [0, 0.1) is 12.8 Å². The molecule has 0 bridgehead atoms. The molecule has 104 valence electrons. The number of halogens is 1. The lowest BCUT2D eigenvalue weighted by atomic mass is 10.2. The van der Waals surface area contributed by atoms with Crippen molar-refractivity contribution >= 4 is 33.4 Å². The lowest BCUT2D eigenvalue weighted by Crippen LogP contribution is -2.38. The van der Waals surface area contributed by atoms with Crippen LogP contribution >= 0.6 is 15.9 Å². The molecule has 1 rings (SSSR count). The van der Waals surface area contributed by atoms with Crippen molar-refractivity contribution in [1.82, 2.24) is 5.32 Å². The highest BCUT2D eigenvalue weighted by Gasteiger charge is 2.12. The first-order chi connectivity index (χ1) is 8.93. The predicted molar refractivity (Wildman–Crippen MR) is 78.7 cm³/mol. The maximum Gasteiger partial charge on any atom is 0.243 e. The second kappa shape index (κ2) is 7.25.